The molecule has 1 fully saturated rings. The monoisotopic (exact) mass is 802 g/mol. The zero-order chi connectivity index (χ0) is 41.4. The SMILES string of the molecule is CN.Cc1ccc([C@]2(C#N)C(CC(C)(C)C)NCC2c2cccc(Cl)c2F)c(F)c1.O=CNCCOCCOCCOCCOCCOc1ccc(C=O)cc1. The highest BCUT2D eigenvalue weighted by atomic mass is 35.5. The zero-order valence-electron chi connectivity index (χ0n) is 33.1. The van der Waals surface area contributed by atoms with Crippen molar-refractivity contribution >= 4 is 24.3 Å². The Morgan fingerprint density at radius 1 is 0.911 bits per heavy atom. The number of aryl methyl sites for hydroxylation is 1. The summed E-state index contributed by atoms with van der Waals surface area (Å²) >= 11 is 6.02. The standard InChI is InChI=1S/C23H25ClF2N2.C18H27NO7.CH5N/c1-14-8-9-16(19(25)10-14)23(13-27)17(12-28-20(23)11-22(2,3)4)15-6-5-7-18(24)21(15)26;20-15-17-1-3-18(4-2-17)26-14-13-25-12-11-24-10-9-23-8-7-22-6-5-19-16-21;1-2/h5-10,17,20,28H,11-12H2,1-4H3;1-4,15-16H,5-14H2,(H,19,21);2H2,1H3/t17?,20?,23-;;/m0../s1. The topological polar surface area (TPSA) is 154 Å². The van der Waals surface area contributed by atoms with Crippen molar-refractivity contribution in [2.24, 2.45) is 11.1 Å². The lowest BCUT2D eigenvalue weighted by Crippen LogP contribution is -2.44. The summed E-state index contributed by atoms with van der Waals surface area (Å²) in [6.07, 6.45) is 2.08. The minimum atomic E-state index is -1.24. The van der Waals surface area contributed by atoms with Gasteiger partial charge in [-0.2, -0.15) is 5.26 Å². The van der Waals surface area contributed by atoms with Gasteiger partial charge in [0.05, 0.1) is 63.9 Å². The number of nitrogens with zero attached hydrogens (tertiary/aromatic N) is 1. The molecule has 0 saturated carbocycles. The Balaban J connectivity index is 0.000000372. The molecule has 11 nitrogen and oxygen atoms in total. The molecule has 56 heavy (non-hydrogen) atoms. The molecule has 0 aliphatic carbocycles. The second-order valence-electron chi connectivity index (χ2n) is 13.9. The number of nitrogens with two attached hydrogens (primary N) is 1. The predicted octanol–water partition coefficient (Wildman–Crippen LogP) is 6.15. The highest BCUT2D eigenvalue weighted by Crippen LogP contribution is 2.50. The van der Waals surface area contributed by atoms with Crippen molar-refractivity contribution in [2.75, 3.05) is 79.6 Å². The Morgan fingerprint density at radius 2 is 1.50 bits per heavy atom. The fourth-order valence-corrected chi connectivity index (χ4v) is 6.36. The normalized spacial score (nSPS) is 17.4. The average molecular weight is 803 g/mol. The van der Waals surface area contributed by atoms with Crippen molar-refractivity contribution in [2.45, 2.75) is 51.5 Å². The van der Waals surface area contributed by atoms with Crippen LogP contribution in [0.25, 0.3) is 0 Å². The van der Waals surface area contributed by atoms with Gasteiger partial charge in [-0.25, -0.2) is 8.78 Å². The van der Waals surface area contributed by atoms with E-state index in [1.807, 2.05) is 0 Å². The van der Waals surface area contributed by atoms with E-state index in [1.54, 1.807) is 55.5 Å². The molecular weight excluding hydrogens is 746 g/mol. The van der Waals surface area contributed by atoms with Crippen LogP contribution in [0.15, 0.2) is 60.7 Å². The molecule has 1 heterocycles. The van der Waals surface area contributed by atoms with Crippen molar-refractivity contribution in [1.29, 1.82) is 5.26 Å². The summed E-state index contributed by atoms with van der Waals surface area (Å²) in [7, 11) is 1.50. The molecule has 14 heteroatoms. The maximum Gasteiger partial charge on any atom is 0.207 e. The number of ether oxygens (including phenoxy) is 5. The van der Waals surface area contributed by atoms with Crippen LogP contribution >= 0.6 is 11.6 Å². The van der Waals surface area contributed by atoms with Gasteiger partial charge in [0.15, 0.2) is 0 Å². The van der Waals surface area contributed by atoms with E-state index in [2.05, 4.69) is 43.2 Å². The second kappa shape index (κ2) is 26.0. The van der Waals surface area contributed by atoms with Crippen molar-refractivity contribution in [3.8, 4) is 11.8 Å². The van der Waals surface area contributed by atoms with E-state index < -0.39 is 23.0 Å². The number of nitriles is 1. The van der Waals surface area contributed by atoms with Crippen LogP contribution in [0.5, 0.6) is 5.75 Å². The van der Waals surface area contributed by atoms with Gasteiger partial charge in [-0.3, -0.25) is 9.59 Å². The number of carbonyl (C=O) groups excluding carboxylic acids is 2. The first-order chi connectivity index (χ1) is 27.0. The molecular formula is C42H57ClF2N4O7. The molecule has 3 aromatic carbocycles. The van der Waals surface area contributed by atoms with Crippen LogP contribution in [0.4, 0.5) is 8.78 Å². The van der Waals surface area contributed by atoms with Gasteiger partial charge in [0, 0.05) is 36.2 Å². The van der Waals surface area contributed by atoms with Crippen molar-refractivity contribution in [3.05, 3.63) is 99.6 Å². The molecule has 308 valence electrons. The number of halogens is 3. The Hall–Kier alpha value is -4.00. The Bertz CT molecular complexity index is 1640. The van der Waals surface area contributed by atoms with Crippen LogP contribution in [0.1, 0.15) is 60.2 Å². The van der Waals surface area contributed by atoms with Gasteiger partial charge >= 0.3 is 0 Å². The lowest BCUT2D eigenvalue weighted by atomic mass is 9.64. The highest BCUT2D eigenvalue weighted by Gasteiger charge is 2.55. The fraction of sp³-hybridized carbons (Fsp3) is 0.500. The number of hydrogen-bond acceptors (Lipinski definition) is 10. The summed E-state index contributed by atoms with van der Waals surface area (Å²) in [5.74, 6) is -0.826. The number of amides is 1. The van der Waals surface area contributed by atoms with Gasteiger partial charge in [-0.05, 0) is 73.3 Å². The van der Waals surface area contributed by atoms with E-state index in [4.69, 9.17) is 35.3 Å². The third-order valence-corrected chi connectivity index (χ3v) is 8.99. The van der Waals surface area contributed by atoms with Crippen LogP contribution in [-0.4, -0.2) is 98.3 Å². The fourth-order valence-electron chi connectivity index (χ4n) is 6.18. The van der Waals surface area contributed by atoms with E-state index in [0.29, 0.717) is 108 Å². The van der Waals surface area contributed by atoms with E-state index >= 15 is 4.39 Å². The van der Waals surface area contributed by atoms with E-state index in [9.17, 15) is 19.2 Å². The maximum atomic E-state index is 15.1. The van der Waals surface area contributed by atoms with Gasteiger partial charge in [0.25, 0.3) is 0 Å². The first-order valence-corrected chi connectivity index (χ1v) is 18.9. The average Bonchev–Trinajstić information content (AvgIpc) is 3.53. The number of rotatable bonds is 21. The van der Waals surface area contributed by atoms with E-state index in [1.165, 1.54) is 19.2 Å². The van der Waals surface area contributed by atoms with E-state index in [0.717, 1.165) is 11.8 Å². The maximum absolute atomic E-state index is 15.1. The molecule has 1 aliphatic heterocycles. The lowest BCUT2D eigenvalue weighted by Gasteiger charge is -2.37. The third kappa shape index (κ3) is 15.5. The van der Waals surface area contributed by atoms with Crippen LogP contribution in [0.2, 0.25) is 5.02 Å². The summed E-state index contributed by atoms with van der Waals surface area (Å²) in [4.78, 5) is 20.5. The Labute approximate surface area is 335 Å². The Kier molecular flexibility index (Phi) is 22.4. The minimum absolute atomic E-state index is 0.00740. The van der Waals surface area contributed by atoms with Gasteiger partial charge < -0.3 is 40.1 Å². The molecule has 3 aromatic rings. The van der Waals surface area contributed by atoms with Gasteiger partial charge in [-0.15, -0.1) is 0 Å². The quantitative estimate of drug-likeness (QED) is 0.0845. The zero-order valence-corrected chi connectivity index (χ0v) is 33.8. The van der Waals surface area contributed by atoms with Crippen LogP contribution in [0.3, 0.4) is 0 Å². The third-order valence-electron chi connectivity index (χ3n) is 8.70. The van der Waals surface area contributed by atoms with Crippen LogP contribution in [0, 0.1) is 35.3 Å². The Morgan fingerprint density at radius 3 is 2.04 bits per heavy atom. The van der Waals surface area contributed by atoms with Crippen molar-refractivity contribution < 1.29 is 42.1 Å². The predicted molar refractivity (Wildman–Crippen MR) is 213 cm³/mol. The molecule has 0 radical (unpaired) electrons. The summed E-state index contributed by atoms with van der Waals surface area (Å²) in [5, 5.41) is 16.3. The molecule has 0 spiro atoms. The summed E-state index contributed by atoms with van der Waals surface area (Å²) in [5.41, 5.74) is 5.22. The van der Waals surface area contributed by atoms with Gasteiger partial charge in [0.1, 0.15) is 35.7 Å². The molecule has 1 amide bonds. The van der Waals surface area contributed by atoms with Gasteiger partial charge in [-0.1, -0.05) is 56.6 Å². The van der Waals surface area contributed by atoms with Crippen molar-refractivity contribution in [3.63, 3.8) is 0 Å². The highest BCUT2D eigenvalue weighted by molar-refractivity contribution is 6.30. The van der Waals surface area contributed by atoms with Gasteiger partial charge in [0.2, 0.25) is 6.41 Å². The number of nitrogens with one attached hydrogen (secondary N) is 2. The largest absolute Gasteiger partial charge is 0.491 e. The molecule has 1 saturated heterocycles. The number of benzene rings is 3. The summed E-state index contributed by atoms with van der Waals surface area (Å²) < 4.78 is 56.8. The smallest absolute Gasteiger partial charge is 0.207 e. The van der Waals surface area contributed by atoms with Crippen LogP contribution < -0.4 is 21.1 Å². The molecule has 3 atom stereocenters. The van der Waals surface area contributed by atoms with Crippen molar-refractivity contribution in [1.82, 2.24) is 10.6 Å². The molecule has 4 rings (SSSR count). The summed E-state index contributed by atoms with van der Waals surface area (Å²) in [6.45, 7) is 13.2. The second-order valence-corrected chi connectivity index (χ2v) is 14.3. The number of carbonyl (C=O) groups is 2. The molecule has 0 aromatic heterocycles. The lowest BCUT2D eigenvalue weighted by molar-refractivity contribution is -0.109. The minimum Gasteiger partial charge on any atom is -0.491 e. The van der Waals surface area contributed by atoms with Crippen LogP contribution in [-0.2, 0) is 29.2 Å². The first kappa shape index (κ1) is 48.1. The number of hydrogen-bond donors (Lipinski definition) is 3. The van der Waals surface area contributed by atoms with E-state index in [-0.39, 0.29) is 16.5 Å². The number of aldehydes is 1. The first-order valence-electron chi connectivity index (χ1n) is 18.6. The summed E-state index contributed by atoms with van der Waals surface area (Å²) in [6, 6.07) is 18.7. The molecule has 2 unspecified atom stereocenters. The molecule has 4 N–H and O–H groups in total. The molecule has 0 bridgehead atoms. The molecule has 1 aliphatic rings.